The van der Waals surface area contributed by atoms with Gasteiger partial charge in [0.2, 0.25) is 11.1 Å². The van der Waals surface area contributed by atoms with E-state index in [4.69, 9.17) is 0 Å². The second-order valence-corrected chi connectivity index (χ2v) is 7.00. The lowest BCUT2D eigenvalue weighted by Gasteiger charge is -2.10. The predicted octanol–water partition coefficient (Wildman–Crippen LogP) is 3.04. The summed E-state index contributed by atoms with van der Waals surface area (Å²) < 4.78 is 13.8. The molecule has 144 valence electrons. The Morgan fingerprint density at radius 1 is 1.14 bits per heavy atom. The number of nitrogens with zero attached hydrogens (tertiary/aromatic N) is 3. The number of rotatable bonds is 6. The van der Waals surface area contributed by atoms with Crippen LogP contribution < -0.4 is 5.32 Å². The molecule has 1 heterocycles. The molecule has 0 bridgehead atoms. The summed E-state index contributed by atoms with van der Waals surface area (Å²) in [6.45, 7) is 0. The molecule has 0 aliphatic carbocycles. The van der Waals surface area contributed by atoms with Gasteiger partial charge in [-0.15, -0.1) is 5.10 Å². The highest BCUT2D eigenvalue weighted by Crippen LogP contribution is 2.21. The Balaban J connectivity index is 1.55. The molecule has 0 spiro atoms. The smallest absolute Gasteiger partial charge is 0.253 e. The number of anilines is 1. The minimum absolute atomic E-state index is 0.0902. The first kappa shape index (κ1) is 19.6. The third kappa shape index (κ3) is 4.74. The van der Waals surface area contributed by atoms with E-state index < -0.39 is 5.82 Å². The lowest BCUT2D eigenvalue weighted by molar-refractivity contribution is -0.113. The normalized spacial score (nSPS) is 10.5. The molecule has 0 unspecified atom stereocenters. The first-order chi connectivity index (χ1) is 13.4. The Morgan fingerprint density at radius 2 is 1.86 bits per heavy atom. The van der Waals surface area contributed by atoms with Gasteiger partial charge >= 0.3 is 0 Å². The van der Waals surface area contributed by atoms with Crippen molar-refractivity contribution in [2.24, 2.45) is 0 Å². The van der Waals surface area contributed by atoms with Gasteiger partial charge < -0.3 is 10.2 Å². The molecule has 9 heteroatoms. The summed E-state index contributed by atoms with van der Waals surface area (Å²) in [7, 11) is 3.35. The van der Waals surface area contributed by atoms with Crippen molar-refractivity contribution in [2.75, 3.05) is 25.2 Å². The van der Waals surface area contributed by atoms with Crippen LogP contribution in [-0.2, 0) is 4.79 Å². The Hall–Kier alpha value is -3.20. The van der Waals surface area contributed by atoms with Gasteiger partial charge in [0.15, 0.2) is 5.82 Å². The average Bonchev–Trinajstić information content (AvgIpc) is 3.15. The molecule has 2 amide bonds. The number of benzene rings is 2. The summed E-state index contributed by atoms with van der Waals surface area (Å²) >= 11 is 1.13. The van der Waals surface area contributed by atoms with E-state index in [0.717, 1.165) is 11.8 Å². The van der Waals surface area contributed by atoms with Crippen LogP contribution in [0.2, 0.25) is 0 Å². The number of thioether (sulfide) groups is 1. The standard InChI is InChI=1S/C19H18FN5O2S/c1-25(2)18(27)12-7-9-13(10-8-12)21-16(26)11-28-19-22-17(23-24-19)14-5-3-4-6-15(14)20/h3-10H,11H2,1-2H3,(H,21,26)(H,22,23,24). The molecule has 2 aromatic carbocycles. The van der Waals surface area contributed by atoms with Crippen LogP contribution in [0.15, 0.2) is 53.7 Å². The van der Waals surface area contributed by atoms with Gasteiger partial charge in [0.25, 0.3) is 5.91 Å². The van der Waals surface area contributed by atoms with Crippen LogP contribution in [0, 0.1) is 5.82 Å². The minimum Gasteiger partial charge on any atom is -0.345 e. The number of H-pyrrole nitrogens is 1. The lowest BCUT2D eigenvalue weighted by Crippen LogP contribution is -2.21. The van der Waals surface area contributed by atoms with Crippen molar-refractivity contribution in [1.82, 2.24) is 20.1 Å². The highest BCUT2D eigenvalue weighted by molar-refractivity contribution is 7.99. The van der Waals surface area contributed by atoms with E-state index >= 15 is 0 Å². The minimum atomic E-state index is -0.399. The zero-order valence-corrected chi connectivity index (χ0v) is 16.1. The maximum absolute atomic E-state index is 13.8. The summed E-state index contributed by atoms with van der Waals surface area (Å²) in [4.78, 5) is 29.7. The maximum Gasteiger partial charge on any atom is 0.253 e. The second-order valence-electron chi connectivity index (χ2n) is 6.06. The monoisotopic (exact) mass is 399 g/mol. The van der Waals surface area contributed by atoms with Crippen molar-refractivity contribution in [3.05, 3.63) is 59.9 Å². The molecule has 0 aliphatic rings. The number of carbonyl (C=O) groups is 2. The van der Waals surface area contributed by atoms with Gasteiger partial charge in [-0.25, -0.2) is 9.37 Å². The van der Waals surface area contributed by atoms with Crippen molar-refractivity contribution < 1.29 is 14.0 Å². The average molecular weight is 399 g/mol. The van der Waals surface area contributed by atoms with Crippen LogP contribution in [0.5, 0.6) is 0 Å². The van der Waals surface area contributed by atoms with Crippen LogP contribution in [0.1, 0.15) is 10.4 Å². The number of carbonyl (C=O) groups excluding carboxylic acids is 2. The molecular weight excluding hydrogens is 381 g/mol. The van der Waals surface area contributed by atoms with E-state index in [1.165, 1.54) is 11.0 Å². The molecule has 0 saturated heterocycles. The Morgan fingerprint density at radius 3 is 2.54 bits per heavy atom. The number of nitrogens with one attached hydrogen (secondary N) is 2. The summed E-state index contributed by atoms with van der Waals surface area (Å²) in [6, 6.07) is 12.9. The van der Waals surface area contributed by atoms with Crippen LogP contribution in [0.3, 0.4) is 0 Å². The first-order valence-electron chi connectivity index (χ1n) is 8.35. The molecule has 0 radical (unpaired) electrons. The third-order valence-electron chi connectivity index (χ3n) is 3.75. The van der Waals surface area contributed by atoms with Crippen LogP contribution in [-0.4, -0.2) is 51.7 Å². The molecule has 3 aromatic rings. The molecule has 3 rings (SSSR count). The van der Waals surface area contributed by atoms with Crippen LogP contribution >= 0.6 is 11.8 Å². The molecule has 0 saturated carbocycles. The van der Waals surface area contributed by atoms with Crippen molar-refractivity contribution in [1.29, 1.82) is 0 Å². The molecule has 2 N–H and O–H groups in total. The van der Waals surface area contributed by atoms with E-state index in [1.54, 1.807) is 56.6 Å². The van der Waals surface area contributed by atoms with E-state index in [2.05, 4.69) is 20.5 Å². The fourth-order valence-corrected chi connectivity index (χ4v) is 2.96. The summed E-state index contributed by atoms with van der Waals surface area (Å²) in [6.07, 6.45) is 0. The SMILES string of the molecule is CN(C)C(=O)c1ccc(NC(=O)CSc2n[nH]c(-c3ccccc3F)n2)cc1. The highest BCUT2D eigenvalue weighted by Gasteiger charge is 2.12. The van der Waals surface area contributed by atoms with Crippen LogP contribution in [0.4, 0.5) is 10.1 Å². The first-order valence-corrected chi connectivity index (χ1v) is 9.34. The molecule has 0 atom stereocenters. The van der Waals surface area contributed by atoms with Crippen molar-refractivity contribution in [2.45, 2.75) is 5.16 Å². The summed E-state index contributed by atoms with van der Waals surface area (Å²) in [5.41, 5.74) is 1.44. The van der Waals surface area contributed by atoms with Gasteiger partial charge in [-0.05, 0) is 36.4 Å². The Kier molecular flexibility index (Phi) is 6.05. The maximum atomic E-state index is 13.8. The van der Waals surface area contributed by atoms with Gasteiger partial charge in [0.05, 0.1) is 11.3 Å². The molecule has 7 nitrogen and oxygen atoms in total. The highest BCUT2D eigenvalue weighted by atomic mass is 32.2. The van der Waals surface area contributed by atoms with E-state index in [-0.39, 0.29) is 17.6 Å². The van der Waals surface area contributed by atoms with E-state index in [0.29, 0.717) is 27.8 Å². The fourth-order valence-electron chi connectivity index (χ4n) is 2.37. The Labute approximate surface area is 165 Å². The lowest BCUT2D eigenvalue weighted by atomic mass is 10.2. The number of hydrogen-bond donors (Lipinski definition) is 2. The van der Waals surface area contributed by atoms with Gasteiger partial charge in [0, 0.05) is 25.3 Å². The third-order valence-corrected chi connectivity index (χ3v) is 4.60. The van der Waals surface area contributed by atoms with Gasteiger partial charge in [-0.2, -0.15) is 0 Å². The van der Waals surface area contributed by atoms with Gasteiger partial charge in [0.1, 0.15) is 5.82 Å². The molecule has 0 aliphatic heterocycles. The predicted molar refractivity (Wildman–Crippen MR) is 106 cm³/mol. The van der Waals surface area contributed by atoms with E-state index in [1.807, 2.05) is 0 Å². The number of aromatic amines is 1. The zero-order valence-electron chi connectivity index (χ0n) is 15.3. The zero-order chi connectivity index (χ0) is 20.1. The second kappa shape index (κ2) is 8.66. The Bertz CT molecular complexity index is 988. The van der Waals surface area contributed by atoms with Gasteiger partial charge in [-0.3, -0.25) is 14.7 Å². The molecule has 28 heavy (non-hydrogen) atoms. The molecule has 0 fully saturated rings. The molecule has 1 aromatic heterocycles. The topological polar surface area (TPSA) is 91.0 Å². The number of hydrogen-bond acceptors (Lipinski definition) is 5. The quantitative estimate of drug-likeness (QED) is 0.622. The summed E-state index contributed by atoms with van der Waals surface area (Å²) in [5.74, 6) is -0.351. The van der Waals surface area contributed by atoms with Crippen LogP contribution in [0.25, 0.3) is 11.4 Å². The number of amides is 2. The molecular formula is C19H18FN5O2S. The van der Waals surface area contributed by atoms with E-state index in [9.17, 15) is 14.0 Å². The van der Waals surface area contributed by atoms with Crippen molar-refractivity contribution in [3.63, 3.8) is 0 Å². The number of halogens is 1. The fraction of sp³-hybridized carbons (Fsp3) is 0.158. The van der Waals surface area contributed by atoms with Gasteiger partial charge in [-0.1, -0.05) is 23.9 Å². The number of aromatic nitrogens is 3. The summed E-state index contributed by atoms with van der Waals surface area (Å²) in [5, 5.41) is 9.76. The van der Waals surface area contributed by atoms with Crippen molar-refractivity contribution in [3.8, 4) is 11.4 Å². The largest absolute Gasteiger partial charge is 0.345 e. The van der Waals surface area contributed by atoms with Crippen molar-refractivity contribution >= 4 is 29.3 Å².